The first kappa shape index (κ1) is 9.81. The van der Waals surface area contributed by atoms with E-state index >= 15 is 0 Å². The van der Waals surface area contributed by atoms with Crippen molar-refractivity contribution in [2.75, 3.05) is 4.72 Å². The van der Waals surface area contributed by atoms with Crippen LogP contribution in [0.1, 0.15) is 0 Å². The molecular formula is C10H9B3N3. The first-order valence-corrected chi connectivity index (χ1v) is 5.21. The number of anilines is 1. The fourth-order valence-corrected chi connectivity index (χ4v) is 1.81. The van der Waals surface area contributed by atoms with Crippen LogP contribution in [0.25, 0.3) is 10.8 Å². The number of hydrogen-bond acceptors (Lipinski definition) is 3. The zero-order valence-electron chi connectivity index (χ0n) is 8.72. The maximum absolute atomic E-state index is 3.01. The Kier molecular flexibility index (Phi) is 2.60. The average Bonchev–Trinajstić information content (AvgIpc) is 2.39. The molecule has 1 saturated heterocycles. The zero-order chi connectivity index (χ0) is 10.8. The molecule has 1 aliphatic heterocycles. The molecule has 16 heavy (non-hydrogen) atoms. The lowest BCUT2D eigenvalue weighted by Gasteiger charge is -2.27. The Bertz CT molecular complexity index is 499. The quantitative estimate of drug-likeness (QED) is 0.659. The van der Waals surface area contributed by atoms with Crippen LogP contribution in [0, 0.1) is 0 Å². The van der Waals surface area contributed by atoms with Crippen molar-refractivity contribution >= 4 is 39.1 Å². The zero-order valence-corrected chi connectivity index (χ0v) is 8.72. The van der Waals surface area contributed by atoms with Crippen LogP contribution in [0.4, 0.5) is 5.69 Å². The van der Waals surface area contributed by atoms with Crippen molar-refractivity contribution in [2.24, 2.45) is 0 Å². The van der Waals surface area contributed by atoms with Crippen molar-refractivity contribution in [2.45, 2.75) is 0 Å². The van der Waals surface area contributed by atoms with E-state index in [-0.39, 0.29) is 0 Å². The molecular weight excluding hydrogens is 195 g/mol. The molecule has 0 unspecified atom stereocenters. The third-order valence-electron chi connectivity index (χ3n) is 2.63. The van der Waals surface area contributed by atoms with E-state index in [2.05, 4.69) is 52.7 Å². The number of nitrogens with one attached hydrogen (secondary N) is 2. The van der Waals surface area contributed by atoms with Crippen molar-refractivity contribution in [3.05, 3.63) is 42.5 Å². The molecule has 0 saturated carbocycles. The molecule has 0 atom stereocenters. The van der Waals surface area contributed by atoms with Gasteiger partial charge in [0.2, 0.25) is 0 Å². The summed E-state index contributed by atoms with van der Waals surface area (Å²) in [5.41, 5.74) is 1.13. The number of benzene rings is 2. The molecule has 3 nitrogen and oxygen atoms in total. The molecule has 1 fully saturated rings. The summed E-state index contributed by atoms with van der Waals surface area (Å²) in [4.78, 5) is 0. The number of nitrogens with zero attached hydrogens (tertiary/aromatic N) is 1. The first-order valence-electron chi connectivity index (χ1n) is 5.21. The number of rotatable bonds is 1. The number of hydrogen-bond donors (Lipinski definition) is 2. The van der Waals surface area contributed by atoms with Gasteiger partial charge in [0, 0.05) is 5.69 Å². The van der Waals surface area contributed by atoms with E-state index in [0.29, 0.717) is 0 Å². The summed E-state index contributed by atoms with van der Waals surface area (Å²) in [7, 11) is 5.58. The number of fused-ring (bicyclic) bond motifs is 1. The van der Waals surface area contributed by atoms with E-state index in [4.69, 9.17) is 0 Å². The Morgan fingerprint density at radius 2 is 1.62 bits per heavy atom. The minimum absolute atomic E-state index is 1.13. The summed E-state index contributed by atoms with van der Waals surface area (Å²) in [6.45, 7) is 0. The van der Waals surface area contributed by atoms with E-state index in [1.807, 2.05) is 19.8 Å². The highest BCUT2D eigenvalue weighted by molar-refractivity contribution is 6.73. The molecule has 0 aromatic heterocycles. The van der Waals surface area contributed by atoms with Crippen LogP contribution < -0.4 is 15.0 Å². The van der Waals surface area contributed by atoms with Crippen LogP contribution in [0.15, 0.2) is 42.5 Å². The van der Waals surface area contributed by atoms with Gasteiger partial charge in [0.1, 0.15) is 0 Å². The normalized spacial score (nSPS) is 15.1. The van der Waals surface area contributed by atoms with Gasteiger partial charge in [-0.1, -0.05) is 30.3 Å². The maximum Gasteiger partial charge on any atom is 0.324 e. The summed E-state index contributed by atoms with van der Waals surface area (Å²) in [5.74, 6) is 0. The van der Waals surface area contributed by atoms with Crippen LogP contribution in [-0.4, -0.2) is 22.6 Å². The van der Waals surface area contributed by atoms with Gasteiger partial charge in [-0.25, -0.2) is 0 Å². The minimum Gasteiger partial charge on any atom is -0.442 e. The van der Waals surface area contributed by atoms with E-state index in [9.17, 15) is 0 Å². The topological polar surface area (TPSA) is 27.3 Å². The molecule has 2 aromatic carbocycles. The largest absolute Gasteiger partial charge is 0.442 e. The van der Waals surface area contributed by atoms with Crippen LogP contribution in [0.3, 0.4) is 0 Å². The highest BCUT2D eigenvalue weighted by atomic mass is 15.1. The van der Waals surface area contributed by atoms with E-state index < -0.39 is 0 Å². The maximum atomic E-state index is 3.01. The lowest BCUT2D eigenvalue weighted by atomic mass is 9.80. The van der Waals surface area contributed by atoms with E-state index in [0.717, 1.165) is 5.69 Å². The molecule has 73 valence electrons. The molecule has 0 amide bonds. The average molecular weight is 204 g/mol. The van der Waals surface area contributed by atoms with Gasteiger partial charge in [0.25, 0.3) is 7.55 Å². The molecule has 2 aromatic rings. The monoisotopic (exact) mass is 204 g/mol. The SMILES string of the molecule is [B]1N[B]N(c2ccc3ccccc3c2)[B]N1. The lowest BCUT2D eigenvalue weighted by molar-refractivity contribution is 1.31. The Labute approximate surface area is 97.1 Å². The van der Waals surface area contributed by atoms with Gasteiger partial charge < -0.3 is 15.0 Å². The smallest absolute Gasteiger partial charge is 0.324 e. The first-order chi connectivity index (χ1) is 7.93. The molecule has 0 aliphatic carbocycles. The summed E-state index contributed by atoms with van der Waals surface area (Å²) in [6, 6.07) is 14.7. The summed E-state index contributed by atoms with van der Waals surface area (Å²) in [6.07, 6.45) is 0. The van der Waals surface area contributed by atoms with Crippen LogP contribution in [-0.2, 0) is 0 Å². The molecule has 3 radical (unpaired) electrons. The van der Waals surface area contributed by atoms with Gasteiger partial charge in [-0.15, -0.1) is 0 Å². The molecule has 3 rings (SSSR count). The van der Waals surface area contributed by atoms with Crippen molar-refractivity contribution in [1.29, 1.82) is 0 Å². The van der Waals surface area contributed by atoms with Gasteiger partial charge in [0.05, 0.1) is 0 Å². The van der Waals surface area contributed by atoms with Crippen LogP contribution in [0.2, 0.25) is 0 Å². The Morgan fingerprint density at radius 3 is 2.44 bits per heavy atom. The summed E-state index contributed by atoms with van der Waals surface area (Å²) >= 11 is 0. The van der Waals surface area contributed by atoms with Crippen molar-refractivity contribution < 1.29 is 0 Å². The molecule has 1 aliphatic rings. The second-order valence-electron chi connectivity index (χ2n) is 3.67. The predicted molar refractivity (Wildman–Crippen MR) is 70.0 cm³/mol. The molecule has 6 heteroatoms. The van der Waals surface area contributed by atoms with Gasteiger partial charge in [-0.3, -0.25) is 0 Å². The Morgan fingerprint density at radius 1 is 0.875 bits per heavy atom. The van der Waals surface area contributed by atoms with Crippen LogP contribution >= 0.6 is 0 Å². The second-order valence-corrected chi connectivity index (χ2v) is 3.67. The van der Waals surface area contributed by atoms with Crippen molar-refractivity contribution in [3.63, 3.8) is 0 Å². The van der Waals surface area contributed by atoms with Gasteiger partial charge in [0.15, 0.2) is 0 Å². The summed E-state index contributed by atoms with van der Waals surface area (Å²) in [5, 5.41) is 8.54. The fourth-order valence-electron chi connectivity index (χ4n) is 1.81. The third-order valence-corrected chi connectivity index (χ3v) is 2.63. The molecule has 0 bridgehead atoms. The second kappa shape index (κ2) is 4.24. The van der Waals surface area contributed by atoms with Crippen molar-refractivity contribution in [1.82, 2.24) is 10.3 Å². The highest BCUT2D eigenvalue weighted by Crippen LogP contribution is 2.20. The Hall–Kier alpha value is -1.39. The van der Waals surface area contributed by atoms with Crippen molar-refractivity contribution in [3.8, 4) is 0 Å². The van der Waals surface area contributed by atoms with E-state index in [1.165, 1.54) is 10.8 Å². The molecule has 0 spiro atoms. The minimum atomic E-state index is 1.13. The van der Waals surface area contributed by atoms with E-state index in [1.54, 1.807) is 7.55 Å². The standard InChI is InChI=1S/C10H9B3N3/c1-2-4-9-7-10(6-5-8(9)3-1)16-12-14-11-15-13-16/h1-7,14-15H. The highest BCUT2D eigenvalue weighted by Gasteiger charge is 2.14. The lowest BCUT2D eigenvalue weighted by Crippen LogP contribution is -2.58. The van der Waals surface area contributed by atoms with Crippen LogP contribution in [0.5, 0.6) is 0 Å². The molecule has 2 N–H and O–H groups in total. The third kappa shape index (κ3) is 1.82. The Balaban J connectivity index is 1.97. The summed E-state index contributed by atoms with van der Waals surface area (Å²) < 4.78 is 2.01. The van der Waals surface area contributed by atoms with Gasteiger partial charge >= 0.3 is 15.1 Å². The predicted octanol–water partition coefficient (Wildman–Crippen LogP) is 0.442. The molecule has 1 heterocycles. The van der Waals surface area contributed by atoms with Gasteiger partial charge in [-0.2, -0.15) is 0 Å². The fraction of sp³-hybridized carbons (Fsp3) is 0. The van der Waals surface area contributed by atoms with Gasteiger partial charge in [-0.05, 0) is 22.9 Å².